The molecule has 2 atom stereocenters. The van der Waals surface area contributed by atoms with Gasteiger partial charge in [0.2, 0.25) is 5.91 Å². The zero-order valence-electron chi connectivity index (χ0n) is 15.4. The lowest BCUT2D eigenvalue weighted by atomic mass is 9.73. The van der Waals surface area contributed by atoms with E-state index in [-0.39, 0.29) is 17.9 Å². The van der Waals surface area contributed by atoms with Gasteiger partial charge in [-0.15, -0.1) is 0 Å². The van der Waals surface area contributed by atoms with Gasteiger partial charge in [-0.2, -0.15) is 0 Å². The fourth-order valence-electron chi connectivity index (χ4n) is 3.78. The summed E-state index contributed by atoms with van der Waals surface area (Å²) in [6.45, 7) is 6.44. The molecule has 1 aliphatic rings. The first kappa shape index (κ1) is 19.4. The third-order valence-corrected chi connectivity index (χ3v) is 5.41. The van der Waals surface area contributed by atoms with E-state index in [0.29, 0.717) is 32.2 Å². The average Bonchev–Trinajstić information content (AvgIpc) is 2.57. The minimum absolute atomic E-state index is 0.0533. The molecule has 2 N–H and O–H groups in total. The molecule has 5 heteroatoms. The van der Waals surface area contributed by atoms with Crippen molar-refractivity contribution in [2.45, 2.75) is 58.0 Å². The van der Waals surface area contributed by atoms with Gasteiger partial charge in [0.05, 0.1) is 6.10 Å². The number of likely N-dealkylation sites (tertiary alicyclic amines) is 1. The van der Waals surface area contributed by atoms with Crippen LogP contribution in [-0.2, 0) is 15.0 Å². The number of aliphatic carboxylic acids is 1. The normalized spacial score (nSPS) is 24.2. The molecule has 0 bridgehead atoms. The molecule has 25 heavy (non-hydrogen) atoms. The first-order valence-electron chi connectivity index (χ1n) is 8.98. The SMILES string of the molecule is CCC[C@@]1(C(=O)O)CN(C(=O)CC(C)(C)c2ccccc2)CC[C@@H]1O. The van der Waals surface area contributed by atoms with Crippen LogP contribution in [-0.4, -0.2) is 46.2 Å². The van der Waals surface area contributed by atoms with E-state index in [0.717, 1.165) is 5.56 Å². The molecule has 5 nitrogen and oxygen atoms in total. The van der Waals surface area contributed by atoms with E-state index in [2.05, 4.69) is 0 Å². The van der Waals surface area contributed by atoms with Crippen LogP contribution >= 0.6 is 0 Å². The number of carbonyl (C=O) groups excluding carboxylic acids is 1. The van der Waals surface area contributed by atoms with Gasteiger partial charge in [0.25, 0.3) is 0 Å². The van der Waals surface area contributed by atoms with Crippen LogP contribution in [0.15, 0.2) is 30.3 Å². The Kier molecular flexibility index (Phi) is 5.88. The number of nitrogens with zero attached hydrogens (tertiary/aromatic N) is 1. The van der Waals surface area contributed by atoms with Crippen LogP contribution in [0.2, 0.25) is 0 Å². The van der Waals surface area contributed by atoms with Gasteiger partial charge in [0.1, 0.15) is 5.41 Å². The number of hydrogen-bond donors (Lipinski definition) is 2. The number of rotatable bonds is 6. The molecule has 1 saturated heterocycles. The molecule has 2 rings (SSSR count). The van der Waals surface area contributed by atoms with Gasteiger partial charge < -0.3 is 15.1 Å². The highest BCUT2D eigenvalue weighted by molar-refractivity contribution is 5.81. The second-order valence-electron chi connectivity index (χ2n) is 7.76. The van der Waals surface area contributed by atoms with Crippen molar-refractivity contribution in [1.29, 1.82) is 0 Å². The molecule has 0 aliphatic carbocycles. The fraction of sp³-hybridized carbons (Fsp3) is 0.600. The van der Waals surface area contributed by atoms with Crippen molar-refractivity contribution in [2.75, 3.05) is 13.1 Å². The van der Waals surface area contributed by atoms with Crippen LogP contribution in [0.1, 0.15) is 52.0 Å². The Labute approximate surface area is 149 Å². The molecule has 138 valence electrons. The number of piperidine rings is 1. The maximum atomic E-state index is 12.9. The number of carbonyl (C=O) groups is 2. The van der Waals surface area contributed by atoms with Crippen LogP contribution < -0.4 is 0 Å². The Hall–Kier alpha value is -1.88. The van der Waals surface area contributed by atoms with E-state index in [1.54, 1.807) is 4.90 Å². The van der Waals surface area contributed by atoms with Crippen molar-refractivity contribution in [3.8, 4) is 0 Å². The molecule has 1 aliphatic heterocycles. The predicted octanol–water partition coefficient (Wildman–Crippen LogP) is 2.82. The van der Waals surface area contributed by atoms with Crippen molar-refractivity contribution in [3.05, 3.63) is 35.9 Å². The van der Waals surface area contributed by atoms with Crippen LogP contribution in [0.5, 0.6) is 0 Å². The highest BCUT2D eigenvalue weighted by Gasteiger charge is 2.49. The van der Waals surface area contributed by atoms with Crippen molar-refractivity contribution in [1.82, 2.24) is 4.90 Å². The van der Waals surface area contributed by atoms with Gasteiger partial charge >= 0.3 is 5.97 Å². The lowest BCUT2D eigenvalue weighted by molar-refractivity contribution is -0.167. The highest BCUT2D eigenvalue weighted by Crippen LogP contribution is 2.37. The van der Waals surface area contributed by atoms with Crippen molar-refractivity contribution in [3.63, 3.8) is 0 Å². The minimum atomic E-state index is -1.25. The topological polar surface area (TPSA) is 77.8 Å². The monoisotopic (exact) mass is 347 g/mol. The predicted molar refractivity (Wildman–Crippen MR) is 96.3 cm³/mol. The first-order valence-corrected chi connectivity index (χ1v) is 8.98. The maximum Gasteiger partial charge on any atom is 0.314 e. The molecular weight excluding hydrogens is 318 g/mol. The van der Waals surface area contributed by atoms with E-state index in [1.807, 2.05) is 51.1 Å². The number of aliphatic hydroxyl groups excluding tert-OH is 1. The van der Waals surface area contributed by atoms with E-state index in [9.17, 15) is 19.8 Å². The maximum absolute atomic E-state index is 12.9. The zero-order chi connectivity index (χ0) is 18.7. The lowest BCUT2D eigenvalue weighted by Crippen LogP contribution is -2.57. The van der Waals surface area contributed by atoms with Gasteiger partial charge in [-0.1, -0.05) is 57.5 Å². The van der Waals surface area contributed by atoms with Gasteiger partial charge in [-0.25, -0.2) is 0 Å². The summed E-state index contributed by atoms with van der Waals surface area (Å²) in [5.41, 5.74) is -0.497. The summed E-state index contributed by atoms with van der Waals surface area (Å²) in [5.74, 6) is -1.07. The van der Waals surface area contributed by atoms with Gasteiger partial charge in [-0.05, 0) is 23.8 Å². The van der Waals surface area contributed by atoms with Crippen LogP contribution in [0, 0.1) is 5.41 Å². The first-order chi connectivity index (χ1) is 11.7. The number of hydrogen-bond acceptors (Lipinski definition) is 3. The molecular formula is C20H29NO4. The zero-order valence-corrected chi connectivity index (χ0v) is 15.4. The summed E-state index contributed by atoms with van der Waals surface area (Å²) < 4.78 is 0. The molecule has 1 aromatic carbocycles. The second-order valence-corrected chi connectivity index (χ2v) is 7.76. The summed E-state index contributed by atoms with van der Waals surface area (Å²) in [7, 11) is 0. The van der Waals surface area contributed by atoms with Gasteiger partial charge in [-0.3, -0.25) is 9.59 Å². The molecule has 0 unspecified atom stereocenters. The lowest BCUT2D eigenvalue weighted by Gasteiger charge is -2.44. The second kappa shape index (κ2) is 7.56. The Balaban J connectivity index is 2.15. The summed E-state index contributed by atoms with van der Waals surface area (Å²) in [6.07, 6.45) is 0.741. The number of carboxylic acids is 1. The molecule has 1 aromatic rings. The van der Waals surface area contributed by atoms with Crippen molar-refractivity contribution in [2.24, 2.45) is 5.41 Å². The molecule has 1 fully saturated rings. The number of aliphatic hydroxyl groups is 1. The molecule has 0 saturated carbocycles. The van der Waals surface area contributed by atoms with Crippen LogP contribution in [0.4, 0.5) is 0 Å². The van der Waals surface area contributed by atoms with Crippen molar-refractivity contribution >= 4 is 11.9 Å². The fourth-order valence-corrected chi connectivity index (χ4v) is 3.78. The number of carboxylic acid groups (broad SMARTS) is 1. The standard InChI is InChI=1S/C20H29NO4/c1-4-11-20(18(24)25)14-21(12-10-16(20)22)17(23)13-19(2,3)15-8-6-5-7-9-15/h5-9,16,22H,4,10-14H2,1-3H3,(H,24,25)/t16-,20+/m0/s1. The Morgan fingerprint density at radius 2 is 1.92 bits per heavy atom. The molecule has 1 amide bonds. The molecule has 1 heterocycles. The highest BCUT2D eigenvalue weighted by atomic mass is 16.4. The largest absolute Gasteiger partial charge is 0.481 e. The third kappa shape index (κ3) is 4.03. The Morgan fingerprint density at radius 1 is 1.28 bits per heavy atom. The minimum Gasteiger partial charge on any atom is -0.481 e. The summed E-state index contributed by atoms with van der Waals surface area (Å²) in [4.78, 5) is 26.3. The molecule has 0 spiro atoms. The van der Waals surface area contributed by atoms with E-state index >= 15 is 0 Å². The van der Waals surface area contributed by atoms with Gasteiger partial charge in [0, 0.05) is 19.5 Å². The smallest absolute Gasteiger partial charge is 0.314 e. The third-order valence-electron chi connectivity index (χ3n) is 5.41. The Bertz CT molecular complexity index is 613. The van der Waals surface area contributed by atoms with Crippen molar-refractivity contribution < 1.29 is 19.8 Å². The van der Waals surface area contributed by atoms with Crippen LogP contribution in [0.25, 0.3) is 0 Å². The molecule has 0 radical (unpaired) electrons. The number of benzene rings is 1. The van der Waals surface area contributed by atoms with Crippen LogP contribution in [0.3, 0.4) is 0 Å². The number of amides is 1. The summed E-state index contributed by atoms with van der Waals surface area (Å²) in [5, 5.41) is 20.0. The van der Waals surface area contributed by atoms with E-state index in [4.69, 9.17) is 0 Å². The summed E-state index contributed by atoms with van der Waals surface area (Å²) >= 11 is 0. The summed E-state index contributed by atoms with van der Waals surface area (Å²) in [6, 6.07) is 9.86. The van der Waals surface area contributed by atoms with Gasteiger partial charge in [0.15, 0.2) is 0 Å². The molecule has 0 aromatic heterocycles. The quantitative estimate of drug-likeness (QED) is 0.829. The average molecular weight is 347 g/mol. The van der Waals surface area contributed by atoms with E-state index < -0.39 is 17.5 Å². The van der Waals surface area contributed by atoms with E-state index in [1.165, 1.54) is 0 Å². The Morgan fingerprint density at radius 3 is 2.48 bits per heavy atom.